The molecule has 286 valence electrons. The molecule has 0 aliphatic carbocycles. The zero-order valence-corrected chi connectivity index (χ0v) is 32.3. The van der Waals surface area contributed by atoms with Crippen LogP contribution in [-0.2, 0) is 9.59 Å². The van der Waals surface area contributed by atoms with Crippen LogP contribution >= 0.6 is 0 Å². The number of benzene rings is 3. The summed E-state index contributed by atoms with van der Waals surface area (Å²) in [7, 11) is 7.80. The van der Waals surface area contributed by atoms with Crippen molar-refractivity contribution in [3.05, 3.63) is 132 Å². The van der Waals surface area contributed by atoms with Crippen LogP contribution in [0.5, 0.6) is 0 Å². The number of likely N-dealkylation sites (tertiary alicyclic amines) is 2. The maximum Gasteiger partial charge on any atom is 0.245 e. The summed E-state index contributed by atoms with van der Waals surface area (Å²) in [5.41, 5.74) is 6.37. The molecule has 12 heteroatoms. The Morgan fingerprint density at radius 2 is 1.00 bits per heavy atom. The van der Waals surface area contributed by atoms with Crippen LogP contribution in [0.3, 0.4) is 0 Å². The SMILES string of the molecule is CN(C)[C@H](C(=O)N1CCCC1c1ncc(-c2ccc(-c3ncc(-c4cnc([C@@H]5CCCN5C(=O)[C@@H](c5ccccc5)N(C)C)[nH]4)cn3)cc2)[nH]1)c1ccccc1. The van der Waals surface area contributed by atoms with E-state index in [4.69, 9.17) is 19.9 Å². The lowest BCUT2D eigenvalue weighted by atomic mass is 10.0. The van der Waals surface area contributed by atoms with E-state index in [9.17, 15) is 9.59 Å². The molecule has 2 aliphatic rings. The highest BCUT2D eigenvalue weighted by Gasteiger charge is 2.38. The summed E-state index contributed by atoms with van der Waals surface area (Å²) in [6.45, 7) is 1.40. The molecule has 8 rings (SSSR count). The second-order valence-corrected chi connectivity index (χ2v) is 15.2. The monoisotopic (exact) mass is 748 g/mol. The average Bonchev–Trinajstić information content (AvgIpc) is 4.06. The maximum absolute atomic E-state index is 13.9. The van der Waals surface area contributed by atoms with Crippen molar-refractivity contribution in [3.63, 3.8) is 0 Å². The van der Waals surface area contributed by atoms with Crippen LogP contribution in [0.4, 0.5) is 0 Å². The Hall–Kier alpha value is -5.98. The highest BCUT2D eigenvalue weighted by atomic mass is 16.2. The molecule has 3 aromatic heterocycles. The smallest absolute Gasteiger partial charge is 0.245 e. The molecule has 2 aliphatic heterocycles. The molecule has 6 aromatic rings. The molecule has 0 bridgehead atoms. The van der Waals surface area contributed by atoms with Gasteiger partial charge >= 0.3 is 0 Å². The number of likely N-dealkylation sites (N-methyl/N-ethyl adjacent to an activating group) is 2. The van der Waals surface area contributed by atoms with Crippen LogP contribution in [-0.4, -0.2) is 103 Å². The number of hydrogen-bond donors (Lipinski definition) is 2. The van der Waals surface area contributed by atoms with E-state index in [1.807, 2.05) is 139 Å². The van der Waals surface area contributed by atoms with Crippen molar-refractivity contribution in [1.29, 1.82) is 0 Å². The van der Waals surface area contributed by atoms with E-state index in [1.54, 1.807) is 18.6 Å². The lowest BCUT2D eigenvalue weighted by Crippen LogP contribution is -2.40. The minimum absolute atomic E-state index is 0.0816. The Labute approximate surface area is 327 Å². The largest absolute Gasteiger partial charge is 0.340 e. The van der Waals surface area contributed by atoms with Crippen molar-refractivity contribution in [2.75, 3.05) is 41.3 Å². The van der Waals surface area contributed by atoms with Crippen molar-refractivity contribution in [3.8, 4) is 33.9 Å². The Kier molecular flexibility index (Phi) is 10.6. The number of rotatable bonds is 11. The van der Waals surface area contributed by atoms with Crippen LogP contribution in [0.15, 0.2) is 110 Å². The lowest BCUT2D eigenvalue weighted by molar-refractivity contribution is -0.138. The Morgan fingerprint density at radius 3 is 1.45 bits per heavy atom. The Morgan fingerprint density at radius 1 is 0.571 bits per heavy atom. The third-order valence-corrected chi connectivity index (χ3v) is 11.0. The van der Waals surface area contributed by atoms with Crippen LogP contribution in [0.1, 0.15) is 72.6 Å². The van der Waals surface area contributed by atoms with Gasteiger partial charge in [-0.1, -0.05) is 84.9 Å². The number of nitrogens with one attached hydrogen (secondary N) is 2. The Balaban J connectivity index is 0.930. The van der Waals surface area contributed by atoms with E-state index in [0.717, 1.165) is 76.5 Å². The van der Waals surface area contributed by atoms with Crippen molar-refractivity contribution in [2.24, 2.45) is 0 Å². The zero-order chi connectivity index (χ0) is 38.8. The first-order chi connectivity index (χ1) is 27.3. The number of hydrogen-bond acceptors (Lipinski definition) is 8. The van der Waals surface area contributed by atoms with Gasteiger partial charge in [0.05, 0.1) is 35.9 Å². The van der Waals surface area contributed by atoms with E-state index >= 15 is 0 Å². The highest BCUT2D eigenvalue weighted by Crippen LogP contribution is 2.37. The Bertz CT molecular complexity index is 2090. The molecular weight excluding hydrogens is 701 g/mol. The predicted octanol–water partition coefficient (Wildman–Crippen LogP) is 6.86. The van der Waals surface area contributed by atoms with Crippen LogP contribution in [0.25, 0.3) is 33.9 Å². The maximum atomic E-state index is 13.9. The molecule has 0 saturated carbocycles. The zero-order valence-electron chi connectivity index (χ0n) is 32.3. The second-order valence-electron chi connectivity index (χ2n) is 15.2. The summed E-state index contributed by atoms with van der Waals surface area (Å²) in [5.74, 6) is 2.36. The van der Waals surface area contributed by atoms with Gasteiger partial charge < -0.3 is 19.8 Å². The lowest BCUT2D eigenvalue weighted by Gasteiger charge is -2.31. The van der Waals surface area contributed by atoms with Crippen molar-refractivity contribution < 1.29 is 9.59 Å². The van der Waals surface area contributed by atoms with Crippen molar-refractivity contribution in [2.45, 2.75) is 49.9 Å². The first-order valence-corrected chi connectivity index (χ1v) is 19.3. The molecule has 0 spiro atoms. The van der Waals surface area contributed by atoms with Gasteiger partial charge in [-0.25, -0.2) is 19.9 Å². The summed E-state index contributed by atoms with van der Waals surface area (Å²) < 4.78 is 0. The molecule has 0 radical (unpaired) electrons. The van der Waals surface area contributed by atoms with Gasteiger partial charge in [-0.3, -0.25) is 19.4 Å². The van der Waals surface area contributed by atoms with E-state index < -0.39 is 0 Å². The van der Waals surface area contributed by atoms with E-state index in [1.165, 1.54) is 0 Å². The number of imidazole rings is 2. The van der Waals surface area contributed by atoms with Crippen LogP contribution < -0.4 is 0 Å². The van der Waals surface area contributed by atoms with E-state index in [-0.39, 0.29) is 36.0 Å². The summed E-state index contributed by atoms with van der Waals surface area (Å²) in [5, 5.41) is 0. The highest BCUT2D eigenvalue weighted by molar-refractivity contribution is 5.84. The third kappa shape index (κ3) is 7.37. The standard InChI is InChI=1S/C44H48N10O2/c1-51(2)38(30-13-7-5-8-14-30)43(55)53-23-11-17-36(53)41-47-27-34(49-41)29-19-21-32(22-20-29)40-45-25-33(26-46-40)35-28-48-42(50-35)37-18-12-24-54(37)44(56)39(52(3)4)31-15-9-6-10-16-31/h5-10,13-16,19-22,25-28,36-39H,11-12,17-18,23-24H2,1-4H3,(H,47,49)(H,48,50)/t36?,37-,38-,39+/m0/s1. The van der Waals surface area contributed by atoms with Gasteiger partial charge in [-0.05, 0) is 70.6 Å². The summed E-state index contributed by atoms with van der Waals surface area (Å²) in [4.78, 5) is 61.5. The number of carbonyl (C=O) groups excluding carboxylic acids is 2. The number of aromatic nitrogens is 6. The first-order valence-electron chi connectivity index (χ1n) is 19.3. The summed E-state index contributed by atoms with van der Waals surface area (Å²) in [6.07, 6.45) is 10.8. The molecular formula is C44H48N10O2. The number of nitrogens with zero attached hydrogens (tertiary/aromatic N) is 8. The van der Waals surface area contributed by atoms with Crippen molar-refractivity contribution in [1.82, 2.24) is 49.5 Å². The molecule has 56 heavy (non-hydrogen) atoms. The minimum Gasteiger partial charge on any atom is -0.340 e. The molecule has 4 atom stereocenters. The van der Waals surface area contributed by atoms with Crippen LogP contribution in [0.2, 0.25) is 0 Å². The van der Waals surface area contributed by atoms with Gasteiger partial charge in [0.15, 0.2) is 5.82 Å². The number of amides is 2. The van der Waals surface area contributed by atoms with Gasteiger partial charge in [0.2, 0.25) is 11.8 Å². The minimum atomic E-state index is -0.361. The quantitative estimate of drug-likeness (QED) is 0.147. The molecule has 1 unspecified atom stereocenters. The molecule has 12 nitrogen and oxygen atoms in total. The second kappa shape index (κ2) is 16.0. The number of H-pyrrole nitrogens is 2. The van der Waals surface area contributed by atoms with E-state index in [0.29, 0.717) is 18.9 Å². The summed E-state index contributed by atoms with van der Waals surface area (Å²) in [6, 6.07) is 27.0. The fraction of sp³-hybridized carbons (Fsp3) is 0.318. The van der Waals surface area contributed by atoms with Gasteiger partial charge in [0.1, 0.15) is 23.7 Å². The number of aromatic amines is 2. The normalized spacial score (nSPS) is 18.2. The topological polar surface area (TPSA) is 130 Å². The first kappa shape index (κ1) is 37.0. The average molecular weight is 749 g/mol. The third-order valence-electron chi connectivity index (χ3n) is 11.0. The fourth-order valence-electron chi connectivity index (χ4n) is 8.26. The molecule has 2 N–H and O–H groups in total. The van der Waals surface area contributed by atoms with Gasteiger partial charge in [0, 0.05) is 36.6 Å². The molecule has 2 amide bonds. The number of carbonyl (C=O) groups is 2. The molecule has 3 aromatic carbocycles. The molecule has 5 heterocycles. The fourth-order valence-corrected chi connectivity index (χ4v) is 8.26. The van der Waals surface area contributed by atoms with Gasteiger partial charge in [-0.2, -0.15) is 0 Å². The summed E-state index contributed by atoms with van der Waals surface area (Å²) >= 11 is 0. The van der Waals surface area contributed by atoms with E-state index in [2.05, 4.69) is 9.97 Å². The molecule has 2 fully saturated rings. The van der Waals surface area contributed by atoms with Crippen molar-refractivity contribution >= 4 is 11.8 Å². The van der Waals surface area contributed by atoms with Crippen LogP contribution in [0, 0.1) is 0 Å². The molecule has 2 saturated heterocycles. The van der Waals surface area contributed by atoms with Gasteiger partial charge in [-0.15, -0.1) is 0 Å². The van der Waals surface area contributed by atoms with Gasteiger partial charge in [0.25, 0.3) is 0 Å². The predicted molar refractivity (Wildman–Crippen MR) is 216 cm³/mol.